The second kappa shape index (κ2) is 5.21. The van der Waals surface area contributed by atoms with Crippen molar-refractivity contribution in [3.05, 3.63) is 41.6 Å². The largest absolute Gasteiger partial charge is 0.480 e. The summed E-state index contributed by atoms with van der Waals surface area (Å²) in [7, 11) is 0. The molecule has 0 unspecified atom stereocenters. The maximum atomic E-state index is 11.2. The summed E-state index contributed by atoms with van der Waals surface area (Å²) in [6.45, 7) is 3.54. The average molecular weight is 270 g/mol. The Kier molecular flexibility index (Phi) is 3.40. The number of pyridine rings is 1. The van der Waals surface area contributed by atoms with E-state index in [9.17, 15) is 9.90 Å². The Morgan fingerprint density at radius 3 is 3.05 bits per heavy atom. The highest BCUT2D eigenvalue weighted by Gasteiger charge is 2.30. The fraction of sp³-hybridized carbons (Fsp3) is 0.375. The Morgan fingerprint density at radius 1 is 1.40 bits per heavy atom. The first-order valence-electron chi connectivity index (χ1n) is 6.96. The van der Waals surface area contributed by atoms with Gasteiger partial charge in [-0.05, 0) is 50.1 Å². The van der Waals surface area contributed by atoms with Crippen molar-refractivity contribution in [3.8, 4) is 0 Å². The molecule has 3 rings (SSSR count). The van der Waals surface area contributed by atoms with E-state index >= 15 is 0 Å². The molecule has 1 aliphatic heterocycles. The van der Waals surface area contributed by atoms with Crippen molar-refractivity contribution in [2.75, 3.05) is 6.54 Å². The molecule has 0 bridgehead atoms. The average Bonchev–Trinajstić information content (AvgIpc) is 2.87. The Bertz CT molecular complexity index is 654. The zero-order valence-electron chi connectivity index (χ0n) is 11.5. The Labute approximate surface area is 118 Å². The minimum Gasteiger partial charge on any atom is -0.480 e. The van der Waals surface area contributed by atoms with Gasteiger partial charge in [0.25, 0.3) is 0 Å². The van der Waals surface area contributed by atoms with Gasteiger partial charge in [-0.25, -0.2) is 0 Å². The number of aromatic nitrogens is 1. The third-order valence-electron chi connectivity index (χ3n) is 3.93. The lowest BCUT2D eigenvalue weighted by molar-refractivity contribution is -0.142. The fourth-order valence-electron chi connectivity index (χ4n) is 2.90. The highest BCUT2D eigenvalue weighted by Crippen LogP contribution is 2.22. The summed E-state index contributed by atoms with van der Waals surface area (Å²) in [5, 5.41) is 10.3. The molecule has 1 N–H and O–H groups in total. The highest BCUT2D eigenvalue weighted by molar-refractivity contribution is 5.79. The first-order valence-corrected chi connectivity index (χ1v) is 6.96. The summed E-state index contributed by atoms with van der Waals surface area (Å²) >= 11 is 0. The Hall–Kier alpha value is -1.94. The summed E-state index contributed by atoms with van der Waals surface area (Å²) in [6, 6.07) is 9.91. The van der Waals surface area contributed by atoms with Crippen molar-refractivity contribution in [1.29, 1.82) is 0 Å². The number of aryl methyl sites for hydroxylation is 1. The number of fused-ring (bicyclic) bond motifs is 1. The first-order chi connectivity index (χ1) is 9.63. The van der Waals surface area contributed by atoms with Crippen LogP contribution < -0.4 is 0 Å². The summed E-state index contributed by atoms with van der Waals surface area (Å²) in [5.74, 6) is -0.708. The van der Waals surface area contributed by atoms with Crippen LogP contribution in [0.25, 0.3) is 10.9 Å². The van der Waals surface area contributed by atoms with Crippen LogP contribution in [0.3, 0.4) is 0 Å². The van der Waals surface area contributed by atoms with Crippen LogP contribution >= 0.6 is 0 Å². The van der Waals surface area contributed by atoms with Crippen molar-refractivity contribution < 1.29 is 9.90 Å². The van der Waals surface area contributed by atoms with Gasteiger partial charge in [0, 0.05) is 17.6 Å². The number of aliphatic carboxylic acids is 1. The number of carboxylic acids is 1. The number of hydrogen-bond acceptors (Lipinski definition) is 3. The van der Waals surface area contributed by atoms with Crippen molar-refractivity contribution in [3.63, 3.8) is 0 Å². The van der Waals surface area contributed by atoms with Crippen molar-refractivity contribution in [2.24, 2.45) is 0 Å². The Morgan fingerprint density at radius 2 is 2.25 bits per heavy atom. The van der Waals surface area contributed by atoms with E-state index in [1.54, 1.807) is 0 Å². The van der Waals surface area contributed by atoms with Crippen LogP contribution in [0, 0.1) is 6.92 Å². The van der Waals surface area contributed by atoms with Gasteiger partial charge in [0.1, 0.15) is 6.04 Å². The third-order valence-corrected chi connectivity index (χ3v) is 3.93. The van der Waals surface area contributed by atoms with E-state index in [-0.39, 0.29) is 6.04 Å². The lowest BCUT2D eigenvalue weighted by atomic mass is 10.1. The maximum Gasteiger partial charge on any atom is 0.320 e. The van der Waals surface area contributed by atoms with E-state index < -0.39 is 5.97 Å². The molecule has 0 spiro atoms. The van der Waals surface area contributed by atoms with Gasteiger partial charge < -0.3 is 5.11 Å². The second-order valence-corrected chi connectivity index (χ2v) is 5.45. The van der Waals surface area contributed by atoms with Gasteiger partial charge >= 0.3 is 5.97 Å². The molecule has 2 heterocycles. The third kappa shape index (κ3) is 2.51. The molecule has 0 saturated carbocycles. The van der Waals surface area contributed by atoms with E-state index in [0.717, 1.165) is 41.5 Å². The number of nitrogens with zero attached hydrogens (tertiary/aromatic N) is 2. The molecule has 1 saturated heterocycles. The summed E-state index contributed by atoms with van der Waals surface area (Å²) in [4.78, 5) is 17.7. The van der Waals surface area contributed by atoms with Crippen molar-refractivity contribution in [1.82, 2.24) is 9.88 Å². The smallest absolute Gasteiger partial charge is 0.320 e. The van der Waals surface area contributed by atoms with Crippen LogP contribution in [-0.4, -0.2) is 33.5 Å². The SMILES string of the molecule is Cc1ccc2cc(CN3CCC[C@H]3C(=O)O)ccc2n1. The number of carboxylic acid groups (broad SMARTS) is 1. The predicted octanol–water partition coefficient (Wildman–Crippen LogP) is 2.59. The van der Waals surface area contributed by atoms with E-state index in [2.05, 4.69) is 17.1 Å². The van der Waals surface area contributed by atoms with Gasteiger partial charge in [0.05, 0.1) is 5.52 Å². The second-order valence-electron chi connectivity index (χ2n) is 5.45. The lowest BCUT2D eigenvalue weighted by Gasteiger charge is -2.21. The number of rotatable bonds is 3. The van der Waals surface area contributed by atoms with E-state index in [4.69, 9.17) is 0 Å². The van der Waals surface area contributed by atoms with Gasteiger partial charge in [-0.1, -0.05) is 12.1 Å². The topological polar surface area (TPSA) is 53.4 Å². The molecule has 4 heteroatoms. The number of benzene rings is 1. The molecule has 1 fully saturated rings. The molecule has 104 valence electrons. The molecule has 0 aliphatic carbocycles. The van der Waals surface area contributed by atoms with Crippen LogP contribution in [0.1, 0.15) is 24.1 Å². The molecule has 1 aromatic carbocycles. The van der Waals surface area contributed by atoms with Gasteiger partial charge in [0.2, 0.25) is 0 Å². The standard InChI is InChI=1S/C16H18N2O2/c1-11-4-6-13-9-12(5-7-14(13)17-11)10-18-8-2-3-15(18)16(19)20/h4-7,9,15H,2-3,8,10H2,1H3,(H,19,20)/t15-/m0/s1. The molecule has 2 aromatic rings. The van der Waals surface area contributed by atoms with Gasteiger partial charge in [-0.3, -0.25) is 14.7 Å². The van der Waals surface area contributed by atoms with Crippen LogP contribution in [0.15, 0.2) is 30.3 Å². The predicted molar refractivity (Wildman–Crippen MR) is 77.5 cm³/mol. The van der Waals surface area contributed by atoms with E-state index in [0.29, 0.717) is 6.54 Å². The quantitative estimate of drug-likeness (QED) is 0.931. The summed E-state index contributed by atoms with van der Waals surface area (Å²) in [6.07, 6.45) is 1.72. The fourth-order valence-corrected chi connectivity index (χ4v) is 2.90. The monoisotopic (exact) mass is 270 g/mol. The van der Waals surface area contributed by atoms with Crippen molar-refractivity contribution >= 4 is 16.9 Å². The minimum atomic E-state index is -0.708. The molecule has 1 atom stereocenters. The zero-order valence-corrected chi connectivity index (χ0v) is 11.5. The zero-order chi connectivity index (χ0) is 14.1. The first kappa shape index (κ1) is 13.1. The summed E-state index contributed by atoms with van der Waals surface area (Å²) in [5.41, 5.74) is 3.15. The van der Waals surface area contributed by atoms with Gasteiger partial charge in [0.15, 0.2) is 0 Å². The normalized spacial score (nSPS) is 19.6. The molecule has 1 aliphatic rings. The van der Waals surface area contributed by atoms with Crippen LogP contribution in [-0.2, 0) is 11.3 Å². The van der Waals surface area contributed by atoms with Gasteiger partial charge in [-0.2, -0.15) is 0 Å². The molecule has 4 nitrogen and oxygen atoms in total. The molecule has 0 radical (unpaired) electrons. The number of carbonyl (C=O) groups is 1. The molecule has 1 aromatic heterocycles. The molecular weight excluding hydrogens is 252 g/mol. The minimum absolute atomic E-state index is 0.332. The maximum absolute atomic E-state index is 11.2. The molecule has 20 heavy (non-hydrogen) atoms. The lowest BCUT2D eigenvalue weighted by Crippen LogP contribution is -2.35. The van der Waals surface area contributed by atoms with E-state index in [1.807, 2.05) is 30.0 Å². The van der Waals surface area contributed by atoms with Crippen LogP contribution in [0.5, 0.6) is 0 Å². The van der Waals surface area contributed by atoms with Gasteiger partial charge in [-0.15, -0.1) is 0 Å². The summed E-state index contributed by atoms with van der Waals surface area (Å²) < 4.78 is 0. The van der Waals surface area contributed by atoms with Crippen LogP contribution in [0.2, 0.25) is 0 Å². The number of hydrogen-bond donors (Lipinski definition) is 1. The van der Waals surface area contributed by atoms with E-state index in [1.165, 1.54) is 0 Å². The van der Waals surface area contributed by atoms with Crippen LogP contribution in [0.4, 0.5) is 0 Å². The van der Waals surface area contributed by atoms with Crippen molar-refractivity contribution in [2.45, 2.75) is 32.4 Å². The Balaban J connectivity index is 1.84. The highest BCUT2D eigenvalue weighted by atomic mass is 16.4. The molecule has 0 amide bonds. The molecular formula is C16H18N2O2. The number of likely N-dealkylation sites (tertiary alicyclic amines) is 1.